The molecule has 0 unspecified atom stereocenters. The van der Waals surface area contributed by atoms with Crippen LogP contribution < -0.4 is 0 Å². The summed E-state index contributed by atoms with van der Waals surface area (Å²) in [5.41, 5.74) is 6.77. The van der Waals surface area contributed by atoms with Crippen molar-refractivity contribution < 1.29 is 9.90 Å². The van der Waals surface area contributed by atoms with Crippen LogP contribution in [-0.4, -0.2) is 20.9 Å². The lowest BCUT2D eigenvalue weighted by Gasteiger charge is -2.07. The number of rotatable bonds is 4. The number of aryl methyl sites for hydroxylation is 3. The molecule has 0 amide bonds. The van der Waals surface area contributed by atoms with Crippen LogP contribution in [-0.2, 0) is 30.6 Å². The maximum atomic E-state index is 10.9. The molecule has 0 atom stereocenters. The van der Waals surface area contributed by atoms with Gasteiger partial charge in [0.1, 0.15) is 0 Å². The molecule has 2 aromatic rings. The minimum absolute atomic E-state index is 0.0435. The molecular weight excluding hydrogens is 264 g/mol. The maximum Gasteiger partial charge on any atom is 0.307 e. The van der Waals surface area contributed by atoms with E-state index in [9.17, 15) is 4.79 Å². The van der Waals surface area contributed by atoms with Crippen molar-refractivity contribution in [3.63, 3.8) is 0 Å². The largest absolute Gasteiger partial charge is 0.481 e. The molecule has 0 saturated carbocycles. The SMILES string of the molecule is Cc1nn(Cc2ccc3c(c2)CCC3)c(C)c1CC(=O)O. The number of carbonyl (C=O) groups is 1. The predicted molar refractivity (Wildman–Crippen MR) is 80.6 cm³/mol. The lowest BCUT2D eigenvalue weighted by atomic mass is 10.1. The summed E-state index contributed by atoms with van der Waals surface area (Å²) in [5, 5.41) is 13.5. The Bertz CT molecular complexity index is 701. The summed E-state index contributed by atoms with van der Waals surface area (Å²) in [7, 11) is 0. The van der Waals surface area contributed by atoms with Crippen molar-refractivity contribution in [3.05, 3.63) is 51.8 Å². The van der Waals surface area contributed by atoms with Crippen molar-refractivity contribution in [2.75, 3.05) is 0 Å². The zero-order valence-electron chi connectivity index (χ0n) is 12.5. The highest BCUT2D eigenvalue weighted by Crippen LogP contribution is 2.23. The zero-order chi connectivity index (χ0) is 15.0. The van der Waals surface area contributed by atoms with Gasteiger partial charge in [0.05, 0.1) is 18.7 Å². The Morgan fingerprint density at radius 3 is 2.81 bits per heavy atom. The molecule has 1 aliphatic carbocycles. The molecule has 0 bridgehead atoms. The van der Waals surface area contributed by atoms with Crippen LogP contribution in [0.2, 0.25) is 0 Å². The standard InChI is InChI=1S/C17H20N2O2/c1-11-16(9-17(20)21)12(2)19(18-11)10-13-6-7-14-4-3-5-15(14)8-13/h6-8H,3-5,9-10H2,1-2H3,(H,20,21). The fraction of sp³-hybridized carbons (Fsp3) is 0.412. The third-order valence-corrected chi connectivity index (χ3v) is 4.35. The Morgan fingerprint density at radius 2 is 2.05 bits per heavy atom. The van der Waals surface area contributed by atoms with Crippen LogP contribution in [0.3, 0.4) is 0 Å². The number of benzene rings is 1. The molecule has 1 aromatic heterocycles. The molecule has 1 aromatic carbocycles. The lowest BCUT2D eigenvalue weighted by molar-refractivity contribution is -0.136. The van der Waals surface area contributed by atoms with Gasteiger partial charge < -0.3 is 5.11 Å². The van der Waals surface area contributed by atoms with Gasteiger partial charge in [-0.1, -0.05) is 18.2 Å². The first kappa shape index (κ1) is 13.9. The number of nitrogens with zero attached hydrogens (tertiary/aromatic N) is 2. The third kappa shape index (κ3) is 2.71. The van der Waals surface area contributed by atoms with Crippen molar-refractivity contribution in [3.8, 4) is 0 Å². The third-order valence-electron chi connectivity index (χ3n) is 4.35. The Hall–Kier alpha value is -2.10. The highest BCUT2D eigenvalue weighted by molar-refractivity contribution is 5.70. The summed E-state index contributed by atoms with van der Waals surface area (Å²) >= 11 is 0. The monoisotopic (exact) mass is 284 g/mol. The minimum Gasteiger partial charge on any atom is -0.481 e. The van der Waals surface area contributed by atoms with Crippen LogP contribution in [0.15, 0.2) is 18.2 Å². The highest BCUT2D eigenvalue weighted by atomic mass is 16.4. The van der Waals surface area contributed by atoms with Crippen LogP contribution in [0.1, 0.15) is 40.1 Å². The summed E-state index contributed by atoms with van der Waals surface area (Å²) in [6.45, 7) is 4.54. The molecule has 1 heterocycles. The van der Waals surface area contributed by atoms with E-state index in [0.29, 0.717) is 6.54 Å². The molecule has 21 heavy (non-hydrogen) atoms. The van der Waals surface area contributed by atoms with Gasteiger partial charge in [-0.15, -0.1) is 0 Å². The van der Waals surface area contributed by atoms with Crippen LogP contribution in [0.5, 0.6) is 0 Å². The first-order valence-corrected chi connectivity index (χ1v) is 7.40. The van der Waals surface area contributed by atoms with Crippen molar-refractivity contribution >= 4 is 5.97 Å². The van der Waals surface area contributed by atoms with E-state index in [1.54, 1.807) is 0 Å². The summed E-state index contributed by atoms with van der Waals surface area (Å²) in [5.74, 6) is -0.807. The van der Waals surface area contributed by atoms with Gasteiger partial charge in [0.25, 0.3) is 0 Å². The molecule has 1 aliphatic rings. The number of hydrogen-bond acceptors (Lipinski definition) is 2. The van der Waals surface area contributed by atoms with Crippen molar-refractivity contribution in [2.45, 2.75) is 46.1 Å². The average molecular weight is 284 g/mol. The topological polar surface area (TPSA) is 55.1 Å². The van der Waals surface area contributed by atoms with Gasteiger partial charge in [-0.3, -0.25) is 9.48 Å². The Labute approximate surface area is 124 Å². The summed E-state index contributed by atoms with van der Waals surface area (Å²) in [4.78, 5) is 10.9. The molecule has 4 nitrogen and oxygen atoms in total. The normalized spacial score (nSPS) is 13.4. The van der Waals surface area contributed by atoms with Gasteiger partial charge in [0, 0.05) is 11.3 Å². The van der Waals surface area contributed by atoms with Gasteiger partial charge in [-0.25, -0.2) is 0 Å². The molecule has 3 rings (SSSR count). The number of hydrogen-bond donors (Lipinski definition) is 1. The molecule has 0 radical (unpaired) electrons. The second kappa shape index (κ2) is 5.35. The van der Waals surface area contributed by atoms with E-state index >= 15 is 0 Å². The summed E-state index contributed by atoms with van der Waals surface area (Å²) in [6.07, 6.45) is 3.66. The van der Waals surface area contributed by atoms with Gasteiger partial charge in [0.2, 0.25) is 0 Å². The molecule has 110 valence electrons. The van der Waals surface area contributed by atoms with E-state index in [0.717, 1.165) is 17.0 Å². The van der Waals surface area contributed by atoms with E-state index in [2.05, 4.69) is 23.3 Å². The Kier molecular flexibility index (Phi) is 3.53. The van der Waals surface area contributed by atoms with Crippen molar-refractivity contribution in [1.29, 1.82) is 0 Å². The highest BCUT2D eigenvalue weighted by Gasteiger charge is 2.15. The van der Waals surface area contributed by atoms with E-state index in [1.807, 2.05) is 18.5 Å². The number of aliphatic carboxylic acids is 1. The summed E-state index contributed by atoms with van der Waals surface area (Å²) in [6, 6.07) is 6.66. The summed E-state index contributed by atoms with van der Waals surface area (Å²) < 4.78 is 1.92. The quantitative estimate of drug-likeness (QED) is 0.939. The van der Waals surface area contributed by atoms with Crippen LogP contribution in [0.4, 0.5) is 0 Å². The van der Waals surface area contributed by atoms with E-state index in [-0.39, 0.29) is 6.42 Å². The molecule has 0 saturated heterocycles. The second-order valence-electron chi connectivity index (χ2n) is 5.83. The second-order valence-corrected chi connectivity index (χ2v) is 5.83. The maximum absolute atomic E-state index is 10.9. The van der Waals surface area contributed by atoms with Gasteiger partial charge >= 0.3 is 5.97 Å². The smallest absolute Gasteiger partial charge is 0.307 e. The van der Waals surface area contributed by atoms with Crippen molar-refractivity contribution in [1.82, 2.24) is 9.78 Å². The number of aromatic nitrogens is 2. The van der Waals surface area contributed by atoms with Crippen molar-refractivity contribution in [2.24, 2.45) is 0 Å². The number of carboxylic acids is 1. The number of carboxylic acid groups (broad SMARTS) is 1. The van der Waals surface area contributed by atoms with E-state index < -0.39 is 5.97 Å². The van der Waals surface area contributed by atoms with Gasteiger partial charge in [0.15, 0.2) is 0 Å². The molecular formula is C17H20N2O2. The minimum atomic E-state index is -0.807. The van der Waals surface area contributed by atoms with Crippen LogP contribution in [0.25, 0.3) is 0 Å². The van der Waals surface area contributed by atoms with Gasteiger partial charge in [-0.05, 0) is 49.8 Å². The Morgan fingerprint density at radius 1 is 1.29 bits per heavy atom. The zero-order valence-corrected chi connectivity index (χ0v) is 12.5. The molecule has 0 spiro atoms. The first-order valence-electron chi connectivity index (χ1n) is 7.40. The fourth-order valence-electron chi connectivity index (χ4n) is 3.19. The fourth-order valence-corrected chi connectivity index (χ4v) is 3.19. The van der Waals surface area contributed by atoms with Crippen LogP contribution >= 0.6 is 0 Å². The molecule has 4 heteroatoms. The Balaban J connectivity index is 1.86. The lowest BCUT2D eigenvalue weighted by Crippen LogP contribution is -2.06. The van der Waals surface area contributed by atoms with Crippen LogP contribution in [0, 0.1) is 13.8 Å². The molecule has 0 fully saturated rings. The average Bonchev–Trinajstić information content (AvgIpc) is 2.98. The molecule has 0 aliphatic heterocycles. The van der Waals surface area contributed by atoms with E-state index in [1.165, 1.54) is 36.0 Å². The first-order chi connectivity index (χ1) is 10.0. The van der Waals surface area contributed by atoms with E-state index in [4.69, 9.17) is 5.11 Å². The number of fused-ring (bicyclic) bond motifs is 1. The molecule has 1 N–H and O–H groups in total. The predicted octanol–water partition coefficient (Wildman–Crippen LogP) is 2.66. The van der Waals surface area contributed by atoms with Gasteiger partial charge in [-0.2, -0.15) is 5.10 Å².